The number of thiazole rings is 1. The van der Waals surface area contributed by atoms with Crippen LogP contribution in [-0.4, -0.2) is 21.2 Å². The van der Waals surface area contributed by atoms with Gasteiger partial charge in [0.15, 0.2) is 0 Å². The van der Waals surface area contributed by atoms with Gasteiger partial charge in [0.2, 0.25) is 5.75 Å². The Balaban J connectivity index is 1.60. The van der Waals surface area contributed by atoms with Crippen LogP contribution in [0.1, 0.15) is 11.1 Å². The quantitative estimate of drug-likeness (QED) is 0.237. The van der Waals surface area contributed by atoms with Crippen molar-refractivity contribution in [1.29, 1.82) is 0 Å². The van der Waals surface area contributed by atoms with Crippen molar-refractivity contribution >= 4 is 50.7 Å². The highest BCUT2D eigenvalue weighted by Crippen LogP contribution is 2.33. The summed E-state index contributed by atoms with van der Waals surface area (Å²) in [5.74, 6) is -0.468. The van der Waals surface area contributed by atoms with Crippen LogP contribution in [0, 0.1) is 17.0 Å². The predicted octanol–water partition coefficient (Wildman–Crippen LogP) is 6.29. The van der Waals surface area contributed by atoms with Crippen LogP contribution < -0.4 is 0 Å². The van der Waals surface area contributed by atoms with Crippen molar-refractivity contribution in [3.8, 4) is 16.3 Å². The number of aliphatic imine (C=N–C) groups is 1. The van der Waals surface area contributed by atoms with Gasteiger partial charge < -0.3 is 5.11 Å². The lowest BCUT2D eigenvalue weighted by Gasteiger charge is -2.02. The van der Waals surface area contributed by atoms with Crippen LogP contribution in [0.4, 0.5) is 11.4 Å². The molecule has 3 aromatic carbocycles. The third-order valence-electron chi connectivity index (χ3n) is 4.29. The lowest BCUT2D eigenvalue weighted by molar-refractivity contribution is -0.385. The van der Waals surface area contributed by atoms with Gasteiger partial charge in [-0.1, -0.05) is 17.7 Å². The Kier molecular flexibility index (Phi) is 5.00. The summed E-state index contributed by atoms with van der Waals surface area (Å²) >= 11 is 7.52. The van der Waals surface area contributed by atoms with Crippen molar-refractivity contribution in [3.63, 3.8) is 0 Å². The van der Waals surface area contributed by atoms with E-state index in [2.05, 4.69) is 23.0 Å². The molecule has 0 amide bonds. The number of phenolic OH excluding ortho intramolecular Hbond substituents is 1. The normalized spacial score (nSPS) is 11.4. The molecule has 0 aliphatic heterocycles. The van der Waals surface area contributed by atoms with E-state index in [1.165, 1.54) is 17.8 Å². The van der Waals surface area contributed by atoms with Crippen molar-refractivity contribution in [2.24, 2.45) is 4.99 Å². The van der Waals surface area contributed by atoms with E-state index >= 15 is 0 Å². The number of phenols is 1. The highest BCUT2D eigenvalue weighted by molar-refractivity contribution is 7.21. The Labute approximate surface area is 174 Å². The number of nitro groups is 1. The van der Waals surface area contributed by atoms with E-state index in [1.807, 2.05) is 36.4 Å². The molecule has 144 valence electrons. The van der Waals surface area contributed by atoms with Crippen molar-refractivity contribution in [3.05, 3.63) is 80.9 Å². The maximum Gasteiger partial charge on any atom is 0.312 e. The number of benzene rings is 3. The van der Waals surface area contributed by atoms with Crippen LogP contribution in [0.2, 0.25) is 5.02 Å². The van der Waals surface area contributed by atoms with Gasteiger partial charge in [0.1, 0.15) is 5.01 Å². The number of aromatic nitrogens is 1. The van der Waals surface area contributed by atoms with Gasteiger partial charge in [0.05, 0.1) is 20.8 Å². The molecule has 1 heterocycles. The van der Waals surface area contributed by atoms with Gasteiger partial charge in [-0.3, -0.25) is 15.1 Å². The van der Waals surface area contributed by atoms with Gasteiger partial charge in [-0.2, -0.15) is 0 Å². The Hall–Kier alpha value is -3.29. The van der Waals surface area contributed by atoms with Gasteiger partial charge >= 0.3 is 5.69 Å². The molecule has 29 heavy (non-hydrogen) atoms. The molecule has 0 unspecified atom stereocenters. The standard InChI is InChI=1S/C21H14ClN3O3S/c1-12-2-7-17-19(8-12)29-21(24-17)13-3-5-16(6-4-13)23-11-14-9-15(22)10-18(20(14)26)25(27)28/h2-11,26H,1H3. The Morgan fingerprint density at radius 3 is 2.66 bits per heavy atom. The first-order valence-corrected chi connectivity index (χ1v) is 9.79. The second-order valence-corrected chi connectivity index (χ2v) is 7.88. The summed E-state index contributed by atoms with van der Waals surface area (Å²) in [6.07, 6.45) is 1.35. The molecule has 0 bridgehead atoms. The van der Waals surface area contributed by atoms with E-state index in [9.17, 15) is 15.2 Å². The van der Waals surface area contributed by atoms with Crippen LogP contribution in [0.5, 0.6) is 5.75 Å². The van der Waals surface area contributed by atoms with E-state index in [1.54, 1.807) is 11.3 Å². The molecular formula is C21H14ClN3O3S. The molecule has 1 N–H and O–H groups in total. The fraction of sp³-hybridized carbons (Fsp3) is 0.0476. The van der Waals surface area contributed by atoms with Crippen LogP contribution in [0.25, 0.3) is 20.8 Å². The fourth-order valence-electron chi connectivity index (χ4n) is 2.83. The summed E-state index contributed by atoms with van der Waals surface area (Å²) in [5.41, 5.74) is 3.49. The van der Waals surface area contributed by atoms with Crippen LogP contribution >= 0.6 is 22.9 Å². The number of aryl methyl sites for hydroxylation is 1. The molecule has 1 aromatic heterocycles. The first-order valence-electron chi connectivity index (χ1n) is 8.59. The summed E-state index contributed by atoms with van der Waals surface area (Å²) < 4.78 is 1.14. The maximum absolute atomic E-state index is 11.0. The molecule has 0 fully saturated rings. The Morgan fingerprint density at radius 2 is 1.93 bits per heavy atom. The first-order chi connectivity index (χ1) is 13.9. The van der Waals surface area contributed by atoms with E-state index < -0.39 is 16.4 Å². The number of hydrogen-bond donors (Lipinski definition) is 1. The molecule has 0 saturated heterocycles. The number of nitro benzene ring substituents is 1. The highest BCUT2D eigenvalue weighted by Gasteiger charge is 2.17. The average Bonchev–Trinajstić information content (AvgIpc) is 3.11. The molecule has 0 aliphatic rings. The monoisotopic (exact) mass is 423 g/mol. The number of halogens is 1. The maximum atomic E-state index is 11.0. The second kappa shape index (κ2) is 7.62. The number of hydrogen-bond acceptors (Lipinski definition) is 6. The van der Waals surface area contributed by atoms with Crippen LogP contribution in [-0.2, 0) is 0 Å². The van der Waals surface area contributed by atoms with E-state index in [-0.39, 0.29) is 10.6 Å². The number of fused-ring (bicyclic) bond motifs is 1. The minimum atomic E-state index is -0.688. The molecule has 0 saturated carbocycles. The minimum absolute atomic E-state index is 0.150. The van der Waals surface area contributed by atoms with Crippen molar-refractivity contribution in [1.82, 2.24) is 4.98 Å². The smallest absolute Gasteiger partial charge is 0.312 e. The average molecular weight is 424 g/mol. The molecule has 0 aliphatic carbocycles. The largest absolute Gasteiger partial charge is 0.502 e. The molecule has 0 radical (unpaired) electrons. The zero-order valence-electron chi connectivity index (χ0n) is 15.2. The molecule has 6 nitrogen and oxygen atoms in total. The molecular weight excluding hydrogens is 410 g/mol. The molecule has 4 aromatic rings. The SMILES string of the molecule is Cc1ccc2nc(-c3ccc(N=Cc4cc(Cl)cc([N+](=O)[O-])c4O)cc3)sc2c1. The Bertz CT molecular complexity index is 1270. The predicted molar refractivity (Wildman–Crippen MR) is 117 cm³/mol. The summed E-state index contributed by atoms with van der Waals surface area (Å²) in [7, 11) is 0. The summed E-state index contributed by atoms with van der Waals surface area (Å²) in [6.45, 7) is 2.05. The van der Waals surface area contributed by atoms with E-state index in [4.69, 9.17) is 11.6 Å². The third kappa shape index (κ3) is 3.96. The second-order valence-electron chi connectivity index (χ2n) is 6.42. The molecule has 0 spiro atoms. The van der Waals surface area contributed by atoms with Gasteiger partial charge in [-0.25, -0.2) is 4.98 Å². The van der Waals surface area contributed by atoms with Gasteiger partial charge in [0, 0.05) is 28.4 Å². The Morgan fingerprint density at radius 1 is 1.17 bits per heavy atom. The van der Waals surface area contributed by atoms with Crippen LogP contribution in [0.15, 0.2) is 59.6 Å². The lowest BCUT2D eigenvalue weighted by atomic mass is 10.2. The molecule has 0 atom stereocenters. The van der Waals surface area contributed by atoms with Crippen LogP contribution in [0.3, 0.4) is 0 Å². The van der Waals surface area contributed by atoms with E-state index in [0.717, 1.165) is 26.9 Å². The van der Waals surface area contributed by atoms with Gasteiger partial charge in [0.25, 0.3) is 0 Å². The van der Waals surface area contributed by atoms with Crippen molar-refractivity contribution in [2.45, 2.75) is 6.92 Å². The first kappa shape index (κ1) is 19.0. The number of aromatic hydroxyl groups is 1. The summed E-state index contributed by atoms with van der Waals surface area (Å²) in [6, 6.07) is 16.2. The fourth-order valence-corrected chi connectivity index (χ4v) is 4.12. The van der Waals surface area contributed by atoms with Crippen molar-refractivity contribution in [2.75, 3.05) is 0 Å². The van der Waals surface area contributed by atoms with Gasteiger partial charge in [-0.15, -0.1) is 11.3 Å². The van der Waals surface area contributed by atoms with Crippen molar-refractivity contribution < 1.29 is 10.0 Å². The minimum Gasteiger partial charge on any atom is -0.502 e. The van der Waals surface area contributed by atoms with E-state index in [0.29, 0.717) is 5.69 Å². The third-order valence-corrected chi connectivity index (χ3v) is 5.58. The lowest BCUT2D eigenvalue weighted by Crippen LogP contribution is -1.92. The summed E-state index contributed by atoms with van der Waals surface area (Å²) in [5, 5.41) is 22.1. The number of nitrogens with zero attached hydrogens (tertiary/aromatic N) is 3. The highest BCUT2D eigenvalue weighted by atomic mass is 35.5. The molecule has 4 rings (SSSR count). The zero-order valence-corrected chi connectivity index (χ0v) is 16.7. The summed E-state index contributed by atoms with van der Waals surface area (Å²) in [4.78, 5) is 19.3. The van der Waals surface area contributed by atoms with Gasteiger partial charge in [-0.05, 0) is 55.0 Å². The number of rotatable bonds is 4. The molecule has 8 heteroatoms. The topological polar surface area (TPSA) is 88.6 Å². The zero-order chi connectivity index (χ0) is 20.5.